The Bertz CT molecular complexity index is 1150. The Balaban J connectivity index is 1.52. The first-order valence-electron chi connectivity index (χ1n) is 10.6. The van der Waals surface area contributed by atoms with Crippen LogP contribution in [0.1, 0.15) is 30.0 Å². The third-order valence-corrected chi connectivity index (χ3v) is 7.08. The van der Waals surface area contributed by atoms with Gasteiger partial charge in [-0.3, -0.25) is 0 Å². The lowest BCUT2D eigenvalue weighted by Gasteiger charge is -2.42. The lowest BCUT2D eigenvalue weighted by Crippen LogP contribution is -2.47. The van der Waals surface area contributed by atoms with Crippen LogP contribution < -0.4 is 15.5 Å². The van der Waals surface area contributed by atoms with Crippen molar-refractivity contribution in [3.05, 3.63) is 91.9 Å². The molecule has 0 aromatic heterocycles. The minimum absolute atomic E-state index is 0.0195. The highest BCUT2D eigenvalue weighted by Gasteiger charge is 2.31. The maximum Gasteiger partial charge on any atom is 0.319 e. The molecule has 0 spiro atoms. The Hall–Kier alpha value is -2.11. The predicted octanol–water partition coefficient (Wildman–Crippen LogP) is 8.14. The number of piperidine rings is 1. The topological polar surface area (TPSA) is 44.4 Å². The Morgan fingerprint density at radius 1 is 0.909 bits per heavy atom. The van der Waals surface area contributed by atoms with E-state index >= 15 is 0 Å². The van der Waals surface area contributed by atoms with Gasteiger partial charge < -0.3 is 15.5 Å². The highest BCUT2D eigenvalue weighted by molar-refractivity contribution is 6.42. The van der Waals surface area contributed by atoms with Crippen LogP contribution in [-0.4, -0.2) is 18.6 Å². The fraction of sp³-hybridized carbons (Fsp3) is 0.240. The molecule has 0 bridgehead atoms. The average Bonchev–Trinajstić information content (AvgIpc) is 2.77. The normalized spacial score (nSPS) is 18.2. The molecule has 3 aromatic rings. The first-order valence-corrected chi connectivity index (χ1v) is 12.1. The fourth-order valence-corrected chi connectivity index (χ4v) is 4.92. The zero-order chi connectivity index (χ0) is 23.5. The maximum atomic E-state index is 12.7. The van der Waals surface area contributed by atoms with Crippen molar-refractivity contribution in [3.63, 3.8) is 0 Å². The van der Waals surface area contributed by atoms with Crippen LogP contribution in [0.5, 0.6) is 0 Å². The predicted molar refractivity (Wildman–Crippen MR) is 139 cm³/mol. The molecule has 4 nitrogen and oxygen atoms in total. The largest absolute Gasteiger partial charge is 0.363 e. The summed E-state index contributed by atoms with van der Waals surface area (Å²) in [6, 6.07) is 18.7. The maximum absolute atomic E-state index is 12.7. The standard InChI is InChI=1S/C25H23Cl4N3O/c1-15-2-9-23(22(29)12-15)32-11-10-19(14-24(32)16-3-5-17(26)6-4-16)31-25(33)30-18-7-8-20(27)21(28)13-18/h2-9,12-13,19,24H,10-11,14H2,1H3,(H2,30,31,33). The number of hydrogen-bond donors (Lipinski definition) is 2. The molecule has 2 amide bonds. The van der Waals surface area contributed by atoms with Gasteiger partial charge in [-0.2, -0.15) is 0 Å². The summed E-state index contributed by atoms with van der Waals surface area (Å²) in [5.74, 6) is 0. The molecule has 33 heavy (non-hydrogen) atoms. The molecule has 1 aliphatic rings. The van der Waals surface area contributed by atoms with Gasteiger partial charge in [0.1, 0.15) is 0 Å². The van der Waals surface area contributed by atoms with Gasteiger partial charge in [0, 0.05) is 23.3 Å². The van der Waals surface area contributed by atoms with E-state index in [0.717, 1.165) is 41.2 Å². The van der Waals surface area contributed by atoms with E-state index in [9.17, 15) is 4.79 Å². The van der Waals surface area contributed by atoms with E-state index in [2.05, 4.69) is 27.7 Å². The van der Waals surface area contributed by atoms with Crippen molar-refractivity contribution in [3.8, 4) is 0 Å². The molecule has 0 saturated carbocycles. The number of halogens is 4. The van der Waals surface area contributed by atoms with Crippen LogP contribution in [0.4, 0.5) is 16.2 Å². The average molecular weight is 523 g/mol. The number of nitrogens with one attached hydrogen (secondary N) is 2. The first-order chi connectivity index (χ1) is 15.8. The summed E-state index contributed by atoms with van der Waals surface area (Å²) in [7, 11) is 0. The molecule has 3 aromatic carbocycles. The molecule has 172 valence electrons. The lowest BCUT2D eigenvalue weighted by atomic mass is 9.91. The molecule has 1 saturated heterocycles. The number of anilines is 2. The molecule has 1 fully saturated rings. The second-order valence-corrected chi connectivity index (χ2v) is 9.82. The minimum atomic E-state index is -0.282. The van der Waals surface area contributed by atoms with Gasteiger partial charge >= 0.3 is 6.03 Å². The number of nitrogens with zero attached hydrogens (tertiary/aromatic N) is 1. The van der Waals surface area contributed by atoms with Gasteiger partial charge in [-0.15, -0.1) is 0 Å². The number of aryl methyl sites for hydroxylation is 1. The van der Waals surface area contributed by atoms with E-state index in [1.54, 1.807) is 18.2 Å². The van der Waals surface area contributed by atoms with Gasteiger partial charge in [-0.05, 0) is 73.4 Å². The summed E-state index contributed by atoms with van der Waals surface area (Å²) >= 11 is 24.8. The Labute approximate surface area is 213 Å². The molecule has 4 rings (SSSR count). The monoisotopic (exact) mass is 521 g/mol. The van der Waals surface area contributed by atoms with Crippen molar-refractivity contribution in [1.29, 1.82) is 0 Å². The first kappa shape index (κ1) is 24.0. The zero-order valence-electron chi connectivity index (χ0n) is 17.9. The van der Waals surface area contributed by atoms with Gasteiger partial charge in [-0.1, -0.05) is 64.6 Å². The van der Waals surface area contributed by atoms with E-state index in [-0.39, 0.29) is 18.1 Å². The zero-order valence-corrected chi connectivity index (χ0v) is 20.9. The summed E-state index contributed by atoms with van der Waals surface area (Å²) in [5.41, 5.74) is 3.80. The van der Waals surface area contributed by atoms with Crippen LogP contribution in [0.25, 0.3) is 0 Å². The third kappa shape index (κ3) is 5.88. The number of rotatable bonds is 4. The van der Waals surface area contributed by atoms with Crippen LogP contribution >= 0.6 is 46.4 Å². The molecule has 2 atom stereocenters. The molecule has 8 heteroatoms. The Morgan fingerprint density at radius 2 is 1.67 bits per heavy atom. The number of urea groups is 1. The summed E-state index contributed by atoms with van der Waals surface area (Å²) < 4.78 is 0. The van der Waals surface area contributed by atoms with Gasteiger partial charge in [0.15, 0.2) is 0 Å². The van der Waals surface area contributed by atoms with Crippen LogP contribution in [-0.2, 0) is 0 Å². The molecule has 0 aliphatic carbocycles. The summed E-state index contributed by atoms with van der Waals surface area (Å²) in [6.07, 6.45) is 1.50. The molecule has 0 radical (unpaired) electrons. The molecule has 2 unspecified atom stereocenters. The second-order valence-electron chi connectivity index (χ2n) is 8.16. The van der Waals surface area contributed by atoms with Crippen molar-refractivity contribution in [2.75, 3.05) is 16.8 Å². The minimum Gasteiger partial charge on any atom is -0.363 e. The second kappa shape index (κ2) is 10.4. The number of amides is 2. The Kier molecular flexibility index (Phi) is 7.60. The molecular formula is C25H23Cl4N3O. The summed E-state index contributed by atoms with van der Waals surface area (Å²) in [4.78, 5) is 15.0. The fourth-order valence-electron chi connectivity index (χ4n) is 4.16. The number of carbonyl (C=O) groups is 1. The highest BCUT2D eigenvalue weighted by Crippen LogP contribution is 2.39. The van der Waals surface area contributed by atoms with Crippen molar-refractivity contribution in [2.24, 2.45) is 0 Å². The third-order valence-electron chi connectivity index (χ3n) is 5.78. The van der Waals surface area contributed by atoms with Crippen LogP contribution in [0, 0.1) is 6.92 Å². The van der Waals surface area contributed by atoms with Crippen molar-refractivity contribution >= 4 is 63.8 Å². The highest BCUT2D eigenvalue weighted by atomic mass is 35.5. The number of benzene rings is 3. The smallest absolute Gasteiger partial charge is 0.319 e. The van der Waals surface area contributed by atoms with E-state index in [1.165, 1.54) is 0 Å². The van der Waals surface area contributed by atoms with Crippen molar-refractivity contribution in [1.82, 2.24) is 5.32 Å². The molecule has 1 heterocycles. The van der Waals surface area contributed by atoms with Gasteiger partial charge in [0.2, 0.25) is 0 Å². The van der Waals surface area contributed by atoms with E-state index in [0.29, 0.717) is 20.8 Å². The van der Waals surface area contributed by atoms with E-state index in [1.807, 2.05) is 37.3 Å². The quantitative estimate of drug-likeness (QED) is 0.363. The van der Waals surface area contributed by atoms with E-state index in [4.69, 9.17) is 46.4 Å². The van der Waals surface area contributed by atoms with Crippen LogP contribution in [0.2, 0.25) is 20.1 Å². The van der Waals surface area contributed by atoms with Gasteiger partial charge in [-0.25, -0.2) is 4.79 Å². The van der Waals surface area contributed by atoms with Gasteiger partial charge in [0.05, 0.1) is 26.8 Å². The molecule has 2 N–H and O–H groups in total. The SMILES string of the molecule is Cc1ccc(N2CCC(NC(=O)Nc3ccc(Cl)c(Cl)c3)CC2c2ccc(Cl)cc2)c(Cl)c1. The lowest BCUT2D eigenvalue weighted by molar-refractivity contribution is 0.243. The van der Waals surface area contributed by atoms with E-state index < -0.39 is 0 Å². The number of carbonyl (C=O) groups excluding carboxylic acids is 1. The van der Waals surface area contributed by atoms with Gasteiger partial charge in [0.25, 0.3) is 0 Å². The van der Waals surface area contributed by atoms with Crippen molar-refractivity contribution < 1.29 is 4.79 Å². The van der Waals surface area contributed by atoms with Crippen LogP contribution in [0.3, 0.4) is 0 Å². The molecule has 1 aliphatic heterocycles. The Morgan fingerprint density at radius 3 is 2.36 bits per heavy atom. The van der Waals surface area contributed by atoms with Crippen molar-refractivity contribution in [2.45, 2.75) is 31.8 Å². The number of hydrogen-bond acceptors (Lipinski definition) is 2. The summed E-state index contributed by atoms with van der Waals surface area (Å²) in [5, 5.41) is 8.16. The molecular weight excluding hydrogens is 500 g/mol. The summed E-state index contributed by atoms with van der Waals surface area (Å²) in [6.45, 7) is 2.77. The van der Waals surface area contributed by atoms with Crippen LogP contribution in [0.15, 0.2) is 60.7 Å².